The Labute approximate surface area is 176 Å². The Morgan fingerprint density at radius 3 is 2.88 bits per heavy atom. The summed E-state index contributed by atoms with van der Waals surface area (Å²) in [5, 5.41) is 16.4. The van der Waals surface area contributed by atoms with Gasteiger partial charge in [-0.15, -0.1) is 45.5 Å². The zero-order chi connectivity index (χ0) is 17.5. The minimum absolute atomic E-state index is 0. The lowest BCUT2D eigenvalue weighted by molar-refractivity contribution is 0.605. The average Bonchev–Trinajstić information content (AvgIpc) is 3.18. The smallest absolute Gasteiger partial charge is 0.192 e. The van der Waals surface area contributed by atoms with Crippen molar-refractivity contribution < 1.29 is 0 Å². The van der Waals surface area contributed by atoms with Gasteiger partial charge in [-0.25, -0.2) is 9.98 Å². The minimum atomic E-state index is 0. The number of aryl methyl sites for hydroxylation is 2. The van der Waals surface area contributed by atoms with Crippen molar-refractivity contribution in [2.75, 3.05) is 6.54 Å². The molecule has 0 fully saturated rings. The van der Waals surface area contributed by atoms with Crippen LogP contribution in [0.3, 0.4) is 0 Å². The van der Waals surface area contributed by atoms with E-state index in [-0.39, 0.29) is 24.0 Å². The Bertz CT molecular complexity index is 710. The van der Waals surface area contributed by atoms with Crippen molar-refractivity contribution in [1.82, 2.24) is 30.4 Å². The Kier molecular flexibility index (Phi) is 8.76. The van der Waals surface area contributed by atoms with Gasteiger partial charge in [0.1, 0.15) is 17.4 Å². The Morgan fingerprint density at radius 2 is 2.12 bits per heavy atom. The van der Waals surface area contributed by atoms with Gasteiger partial charge in [-0.05, 0) is 26.2 Å². The summed E-state index contributed by atoms with van der Waals surface area (Å²) in [4.78, 5) is 10.4. The van der Waals surface area contributed by atoms with Crippen molar-refractivity contribution in [3.8, 4) is 0 Å². The first kappa shape index (κ1) is 21.1. The fourth-order valence-electron chi connectivity index (χ4n) is 2.91. The molecule has 0 aliphatic carbocycles. The van der Waals surface area contributed by atoms with Crippen molar-refractivity contribution >= 4 is 41.3 Å². The van der Waals surface area contributed by atoms with E-state index in [4.69, 9.17) is 0 Å². The molecule has 0 saturated heterocycles. The normalized spacial score (nSPS) is 14.3. The minimum Gasteiger partial charge on any atom is -0.357 e. The lowest BCUT2D eigenvalue weighted by Gasteiger charge is -2.10. The number of nitrogens with zero attached hydrogens (tertiary/aromatic N) is 5. The van der Waals surface area contributed by atoms with Crippen molar-refractivity contribution in [2.45, 2.75) is 65.6 Å². The number of hydrogen-bond acceptors (Lipinski definition) is 5. The Balaban J connectivity index is 0.00000243. The molecule has 2 aromatic heterocycles. The summed E-state index contributed by atoms with van der Waals surface area (Å²) < 4.78 is 2.24. The maximum Gasteiger partial charge on any atom is 0.192 e. The zero-order valence-corrected chi connectivity index (χ0v) is 18.6. The number of hydrogen-bond donors (Lipinski definition) is 2. The van der Waals surface area contributed by atoms with Gasteiger partial charge >= 0.3 is 0 Å². The number of aromatic nitrogens is 4. The number of halogens is 1. The molecule has 144 valence electrons. The molecule has 9 heteroatoms. The van der Waals surface area contributed by atoms with E-state index < -0.39 is 0 Å². The molecule has 0 saturated carbocycles. The molecule has 26 heavy (non-hydrogen) atoms. The molecular formula is C17H28IN7S. The largest absolute Gasteiger partial charge is 0.357 e. The van der Waals surface area contributed by atoms with Crippen LogP contribution in [0.15, 0.2) is 11.2 Å². The SMILES string of the molecule is CCNC(=NCc1nnc2n1CCCCC2)NCc1ncc(CC)s1.I. The fourth-order valence-corrected chi connectivity index (χ4v) is 3.71. The highest BCUT2D eigenvalue weighted by Crippen LogP contribution is 2.15. The lowest BCUT2D eigenvalue weighted by atomic mass is 10.2. The molecule has 0 spiro atoms. The first-order valence-corrected chi connectivity index (χ1v) is 9.98. The van der Waals surface area contributed by atoms with Crippen molar-refractivity contribution in [1.29, 1.82) is 0 Å². The van der Waals surface area contributed by atoms with Crippen LogP contribution in [-0.2, 0) is 32.5 Å². The third-order valence-electron chi connectivity index (χ3n) is 4.27. The van der Waals surface area contributed by atoms with Crippen molar-refractivity contribution in [3.05, 3.63) is 27.7 Å². The summed E-state index contributed by atoms with van der Waals surface area (Å²) >= 11 is 1.75. The molecule has 2 aromatic rings. The molecule has 0 radical (unpaired) electrons. The molecule has 3 heterocycles. The van der Waals surface area contributed by atoms with Gasteiger partial charge in [0.25, 0.3) is 0 Å². The third-order valence-corrected chi connectivity index (χ3v) is 5.41. The molecule has 1 aliphatic rings. The number of aliphatic imine (C=N–C) groups is 1. The van der Waals surface area contributed by atoms with Gasteiger partial charge in [-0.3, -0.25) is 0 Å². The van der Waals surface area contributed by atoms with Crippen LogP contribution in [0.25, 0.3) is 0 Å². The fraction of sp³-hybridized carbons (Fsp3) is 0.647. The second-order valence-electron chi connectivity index (χ2n) is 6.12. The van der Waals surface area contributed by atoms with Gasteiger partial charge in [-0.2, -0.15) is 0 Å². The van der Waals surface area contributed by atoms with E-state index in [2.05, 4.69) is 49.2 Å². The number of nitrogens with one attached hydrogen (secondary N) is 2. The predicted molar refractivity (Wildman–Crippen MR) is 116 cm³/mol. The second-order valence-corrected chi connectivity index (χ2v) is 7.32. The summed E-state index contributed by atoms with van der Waals surface area (Å²) in [6.45, 7) is 7.28. The number of fused-ring (bicyclic) bond motifs is 1. The zero-order valence-electron chi connectivity index (χ0n) is 15.5. The first-order valence-electron chi connectivity index (χ1n) is 9.16. The molecule has 0 amide bonds. The van der Waals surface area contributed by atoms with Crippen LogP contribution in [0.1, 0.15) is 54.6 Å². The number of guanidine groups is 1. The summed E-state index contributed by atoms with van der Waals surface area (Å²) in [5.41, 5.74) is 0. The summed E-state index contributed by atoms with van der Waals surface area (Å²) in [5.74, 6) is 2.86. The predicted octanol–water partition coefficient (Wildman–Crippen LogP) is 2.90. The van der Waals surface area contributed by atoms with Crippen LogP contribution in [0, 0.1) is 0 Å². The summed E-state index contributed by atoms with van der Waals surface area (Å²) in [7, 11) is 0. The molecule has 2 N–H and O–H groups in total. The molecule has 1 aliphatic heterocycles. The van der Waals surface area contributed by atoms with Crippen molar-refractivity contribution in [3.63, 3.8) is 0 Å². The van der Waals surface area contributed by atoms with E-state index in [9.17, 15) is 0 Å². The van der Waals surface area contributed by atoms with E-state index in [1.54, 1.807) is 11.3 Å². The molecule has 0 atom stereocenters. The molecule has 7 nitrogen and oxygen atoms in total. The van der Waals surface area contributed by atoms with Gasteiger partial charge in [0, 0.05) is 30.6 Å². The van der Waals surface area contributed by atoms with Crippen LogP contribution < -0.4 is 10.6 Å². The van der Waals surface area contributed by atoms with E-state index in [1.807, 2.05) is 6.20 Å². The molecule has 3 rings (SSSR count). The molecule has 0 aromatic carbocycles. The standard InChI is InChI=1S/C17H27N7S.HI/c1-3-13-10-19-16(25-13)12-21-17(18-4-2)20-11-15-23-22-14-8-6-5-7-9-24(14)15;/h10H,3-9,11-12H2,1-2H3,(H2,18,20,21);1H. The topological polar surface area (TPSA) is 80.0 Å². The Morgan fingerprint density at radius 1 is 1.23 bits per heavy atom. The van der Waals surface area contributed by atoms with Crippen LogP contribution in [-0.4, -0.2) is 32.3 Å². The van der Waals surface area contributed by atoms with E-state index in [1.165, 1.54) is 24.1 Å². The lowest BCUT2D eigenvalue weighted by Crippen LogP contribution is -2.36. The van der Waals surface area contributed by atoms with Gasteiger partial charge in [0.05, 0.1) is 6.54 Å². The number of rotatable bonds is 6. The van der Waals surface area contributed by atoms with Crippen LogP contribution in [0.4, 0.5) is 0 Å². The monoisotopic (exact) mass is 489 g/mol. The molecular weight excluding hydrogens is 461 g/mol. The van der Waals surface area contributed by atoms with Gasteiger partial charge in [0.15, 0.2) is 11.8 Å². The van der Waals surface area contributed by atoms with E-state index in [0.717, 1.165) is 48.5 Å². The van der Waals surface area contributed by atoms with Crippen LogP contribution >= 0.6 is 35.3 Å². The quantitative estimate of drug-likeness (QED) is 0.371. The van der Waals surface area contributed by atoms with Crippen LogP contribution in [0.5, 0.6) is 0 Å². The average molecular weight is 489 g/mol. The molecule has 0 bridgehead atoms. The van der Waals surface area contributed by atoms with Gasteiger partial charge in [-0.1, -0.05) is 13.3 Å². The van der Waals surface area contributed by atoms with Gasteiger partial charge in [0.2, 0.25) is 0 Å². The summed E-state index contributed by atoms with van der Waals surface area (Å²) in [6, 6.07) is 0. The van der Waals surface area contributed by atoms with E-state index in [0.29, 0.717) is 13.1 Å². The maximum atomic E-state index is 4.68. The maximum absolute atomic E-state index is 4.68. The van der Waals surface area contributed by atoms with Gasteiger partial charge < -0.3 is 15.2 Å². The Hall–Kier alpha value is -1.23. The second kappa shape index (κ2) is 10.8. The van der Waals surface area contributed by atoms with Crippen LogP contribution in [0.2, 0.25) is 0 Å². The van der Waals surface area contributed by atoms with Crippen molar-refractivity contribution in [2.24, 2.45) is 4.99 Å². The molecule has 0 unspecified atom stereocenters. The van der Waals surface area contributed by atoms with E-state index >= 15 is 0 Å². The third kappa shape index (κ3) is 5.63. The highest BCUT2D eigenvalue weighted by Gasteiger charge is 2.14. The first-order chi connectivity index (χ1) is 12.3. The highest BCUT2D eigenvalue weighted by molar-refractivity contribution is 14.0. The summed E-state index contributed by atoms with van der Waals surface area (Å²) in [6.07, 6.45) is 7.69. The highest BCUT2D eigenvalue weighted by atomic mass is 127. The number of thiazole rings is 1.